The van der Waals surface area contributed by atoms with Gasteiger partial charge in [-0.25, -0.2) is 4.98 Å². The van der Waals surface area contributed by atoms with Gasteiger partial charge in [0.25, 0.3) is 0 Å². The minimum Gasteiger partial charge on any atom is -0.378 e. The summed E-state index contributed by atoms with van der Waals surface area (Å²) in [5.41, 5.74) is 2.15. The van der Waals surface area contributed by atoms with Gasteiger partial charge in [-0.05, 0) is 56.0 Å². The summed E-state index contributed by atoms with van der Waals surface area (Å²) < 4.78 is 6.54. The standard InChI is InChI=1S/C19H24N4O2S.2ClH/c24-17(14-12-19(14)3-5-20-6-4-19)21-13-1-2-15-16(11-13)26-18(22-15)23-7-9-25-10-8-23;;/h1-2,11,14,20H,3-10,12H2,(H,21,24);2*1H. The molecule has 3 heterocycles. The Morgan fingerprint density at radius 3 is 2.75 bits per heavy atom. The number of benzene rings is 1. The number of thiazole rings is 1. The van der Waals surface area contributed by atoms with Gasteiger partial charge in [0.05, 0.1) is 23.4 Å². The molecule has 6 nitrogen and oxygen atoms in total. The molecule has 5 rings (SSSR count). The normalized spacial score (nSPS) is 23.0. The third kappa shape index (κ3) is 4.09. The zero-order chi connectivity index (χ0) is 17.6. The van der Waals surface area contributed by atoms with Crippen molar-refractivity contribution < 1.29 is 9.53 Å². The average Bonchev–Trinajstić information content (AvgIpc) is 3.19. The largest absolute Gasteiger partial charge is 0.378 e. The van der Waals surface area contributed by atoms with Gasteiger partial charge < -0.3 is 20.3 Å². The van der Waals surface area contributed by atoms with Crippen LogP contribution in [0.1, 0.15) is 19.3 Å². The van der Waals surface area contributed by atoms with Crippen LogP contribution in [0.2, 0.25) is 0 Å². The smallest absolute Gasteiger partial charge is 0.228 e. The molecule has 1 saturated carbocycles. The fraction of sp³-hybridized carbons (Fsp3) is 0.579. The number of nitrogens with zero attached hydrogens (tertiary/aromatic N) is 2. The first-order valence-corrected chi connectivity index (χ1v) is 10.3. The molecule has 1 aromatic carbocycles. The predicted octanol–water partition coefficient (Wildman–Crippen LogP) is 3.30. The third-order valence-corrected chi connectivity index (χ3v) is 7.11. The Labute approximate surface area is 181 Å². The lowest BCUT2D eigenvalue weighted by Gasteiger charge is -2.25. The van der Waals surface area contributed by atoms with E-state index in [1.54, 1.807) is 11.3 Å². The highest BCUT2D eigenvalue weighted by Crippen LogP contribution is 2.58. The van der Waals surface area contributed by atoms with E-state index in [-0.39, 0.29) is 42.1 Å². The molecule has 1 spiro atoms. The number of piperidine rings is 1. The Hall–Kier alpha value is -1.12. The lowest BCUT2D eigenvalue weighted by atomic mass is 9.92. The summed E-state index contributed by atoms with van der Waals surface area (Å²) in [5.74, 6) is 0.370. The summed E-state index contributed by atoms with van der Waals surface area (Å²) in [7, 11) is 0. The molecule has 2 N–H and O–H groups in total. The Morgan fingerprint density at radius 2 is 2.00 bits per heavy atom. The van der Waals surface area contributed by atoms with Crippen molar-refractivity contribution in [1.82, 2.24) is 10.3 Å². The fourth-order valence-corrected chi connectivity index (χ4v) is 5.36. The second-order valence-corrected chi connectivity index (χ2v) is 8.65. The van der Waals surface area contributed by atoms with Gasteiger partial charge in [0.1, 0.15) is 0 Å². The highest BCUT2D eigenvalue weighted by molar-refractivity contribution is 7.22. The van der Waals surface area contributed by atoms with Crippen molar-refractivity contribution in [3.05, 3.63) is 18.2 Å². The van der Waals surface area contributed by atoms with E-state index >= 15 is 0 Å². The predicted molar refractivity (Wildman–Crippen MR) is 118 cm³/mol. The number of fused-ring (bicyclic) bond motifs is 1. The zero-order valence-corrected chi connectivity index (χ0v) is 18.1. The average molecular weight is 445 g/mol. The van der Waals surface area contributed by atoms with Gasteiger partial charge in [-0.1, -0.05) is 11.3 Å². The monoisotopic (exact) mass is 444 g/mol. The molecule has 2 aliphatic heterocycles. The number of nitrogens with one attached hydrogen (secondary N) is 2. The lowest BCUT2D eigenvalue weighted by Crippen LogP contribution is -2.36. The fourth-order valence-electron chi connectivity index (χ4n) is 4.31. The number of carbonyl (C=O) groups is 1. The van der Waals surface area contributed by atoms with E-state index in [1.165, 1.54) is 0 Å². The highest BCUT2D eigenvalue weighted by Gasteiger charge is 2.57. The molecule has 9 heteroatoms. The first kappa shape index (κ1) is 21.6. The molecule has 1 aliphatic carbocycles. The summed E-state index contributed by atoms with van der Waals surface area (Å²) in [5, 5.41) is 7.58. The number of hydrogen-bond donors (Lipinski definition) is 2. The third-order valence-electron chi connectivity index (χ3n) is 6.03. The van der Waals surface area contributed by atoms with Crippen LogP contribution in [0, 0.1) is 11.3 Å². The lowest BCUT2D eigenvalue weighted by molar-refractivity contribution is -0.118. The Balaban J connectivity index is 0.00000112. The van der Waals surface area contributed by atoms with Gasteiger partial charge in [-0.15, -0.1) is 24.8 Å². The van der Waals surface area contributed by atoms with Crippen molar-refractivity contribution in [3.8, 4) is 0 Å². The maximum atomic E-state index is 12.7. The second-order valence-electron chi connectivity index (χ2n) is 7.64. The molecule has 1 amide bonds. The van der Waals surface area contributed by atoms with E-state index in [9.17, 15) is 4.79 Å². The van der Waals surface area contributed by atoms with Crippen molar-refractivity contribution in [1.29, 1.82) is 0 Å². The van der Waals surface area contributed by atoms with Crippen molar-refractivity contribution in [2.75, 3.05) is 49.6 Å². The minimum absolute atomic E-state index is 0. The molecule has 1 aromatic heterocycles. The van der Waals surface area contributed by atoms with Gasteiger partial charge in [-0.3, -0.25) is 4.79 Å². The van der Waals surface area contributed by atoms with Gasteiger partial charge in [0.15, 0.2) is 5.13 Å². The number of morpholine rings is 1. The quantitative estimate of drug-likeness (QED) is 0.759. The summed E-state index contributed by atoms with van der Waals surface area (Å²) in [6.07, 6.45) is 3.30. The molecule has 2 aromatic rings. The first-order chi connectivity index (χ1) is 12.7. The number of carbonyl (C=O) groups excluding carboxylic acids is 1. The summed E-state index contributed by atoms with van der Waals surface area (Å²) in [6.45, 7) is 5.39. The van der Waals surface area contributed by atoms with Crippen molar-refractivity contribution in [2.45, 2.75) is 19.3 Å². The van der Waals surface area contributed by atoms with Crippen LogP contribution in [0.25, 0.3) is 10.2 Å². The molecular formula is C19H26Cl2N4O2S. The van der Waals surface area contributed by atoms with Crippen molar-refractivity contribution in [3.63, 3.8) is 0 Å². The van der Waals surface area contributed by atoms with Crippen LogP contribution in [0.15, 0.2) is 18.2 Å². The van der Waals surface area contributed by atoms with E-state index in [1.807, 2.05) is 12.1 Å². The minimum atomic E-state index is 0. The summed E-state index contributed by atoms with van der Waals surface area (Å²) >= 11 is 1.69. The van der Waals surface area contributed by atoms with Crippen molar-refractivity contribution in [2.24, 2.45) is 11.3 Å². The van der Waals surface area contributed by atoms with E-state index in [4.69, 9.17) is 9.72 Å². The van der Waals surface area contributed by atoms with E-state index in [0.29, 0.717) is 0 Å². The van der Waals surface area contributed by atoms with Crippen molar-refractivity contribution >= 4 is 63.1 Å². The van der Waals surface area contributed by atoms with Gasteiger partial charge in [0, 0.05) is 24.7 Å². The number of anilines is 2. The van der Waals surface area contributed by atoms with Crippen LogP contribution in [-0.2, 0) is 9.53 Å². The number of rotatable bonds is 3. The molecule has 2 saturated heterocycles. The molecule has 28 heavy (non-hydrogen) atoms. The Kier molecular flexibility index (Phi) is 6.72. The van der Waals surface area contributed by atoms with E-state index in [0.717, 1.165) is 79.7 Å². The first-order valence-electron chi connectivity index (χ1n) is 9.48. The number of hydrogen-bond acceptors (Lipinski definition) is 6. The topological polar surface area (TPSA) is 66.5 Å². The Morgan fingerprint density at radius 1 is 1.25 bits per heavy atom. The molecule has 3 aliphatic rings. The second kappa shape index (κ2) is 8.71. The highest BCUT2D eigenvalue weighted by atomic mass is 35.5. The maximum absolute atomic E-state index is 12.7. The zero-order valence-electron chi connectivity index (χ0n) is 15.6. The van der Waals surface area contributed by atoms with Gasteiger partial charge in [-0.2, -0.15) is 0 Å². The summed E-state index contributed by atoms with van der Waals surface area (Å²) in [6, 6.07) is 6.05. The van der Waals surface area contributed by atoms with Crippen LogP contribution in [-0.4, -0.2) is 50.3 Å². The molecule has 3 fully saturated rings. The molecule has 1 atom stereocenters. The number of amides is 1. The van der Waals surface area contributed by atoms with Crippen LogP contribution in [0.3, 0.4) is 0 Å². The SMILES string of the molecule is Cl.Cl.O=C(Nc1ccc2nc(N3CCOCC3)sc2c1)C1CC12CCNCC2. The Bertz CT molecular complexity index is 834. The van der Waals surface area contributed by atoms with E-state index < -0.39 is 0 Å². The van der Waals surface area contributed by atoms with Gasteiger partial charge >= 0.3 is 0 Å². The molecule has 0 radical (unpaired) electrons. The van der Waals surface area contributed by atoms with Crippen LogP contribution in [0.5, 0.6) is 0 Å². The maximum Gasteiger partial charge on any atom is 0.228 e. The number of ether oxygens (including phenoxy) is 1. The van der Waals surface area contributed by atoms with E-state index in [2.05, 4.69) is 21.6 Å². The van der Waals surface area contributed by atoms with Crippen LogP contribution < -0.4 is 15.5 Å². The number of aromatic nitrogens is 1. The van der Waals surface area contributed by atoms with Crippen LogP contribution in [0.4, 0.5) is 10.8 Å². The molecule has 0 bridgehead atoms. The van der Waals surface area contributed by atoms with Crippen LogP contribution >= 0.6 is 36.2 Å². The number of halogens is 2. The molecular weight excluding hydrogens is 419 g/mol. The van der Waals surface area contributed by atoms with Gasteiger partial charge in [0.2, 0.25) is 5.91 Å². The molecule has 154 valence electrons. The summed E-state index contributed by atoms with van der Waals surface area (Å²) in [4.78, 5) is 19.7. The molecule has 1 unspecified atom stereocenters.